The fraction of sp³-hybridized carbons (Fsp3) is 0.425. The summed E-state index contributed by atoms with van der Waals surface area (Å²) in [6.45, 7) is 8.40. The largest absolute Gasteiger partial charge is 0.493 e. The number of carbonyl (C=O) groups is 1. The molecule has 12 nitrogen and oxygen atoms in total. The van der Waals surface area contributed by atoms with Gasteiger partial charge < -0.3 is 38.1 Å². The molecule has 0 atom stereocenters. The SMILES string of the molecule is COc1cc(-c2cncc(CN(C(=O)OC(C)(C)C)C3CCN(Cc4ccnc(-c5cc(OC)c(OC)c(OC)c5)c4)CC3)c2)cc(OC)c1OC. The maximum absolute atomic E-state index is 13.7. The molecule has 2 aromatic carbocycles. The van der Waals surface area contributed by atoms with Gasteiger partial charge in [-0.15, -0.1) is 0 Å². The van der Waals surface area contributed by atoms with Gasteiger partial charge in [-0.2, -0.15) is 0 Å². The number of rotatable bonds is 13. The van der Waals surface area contributed by atoms with Crippen LogP contribution in [-0.2, 0) is 17.8 Å². The molecule has 278 valence electrons. The van der Waals surface area contributed by atoms with Crippen molar-refractivity contribution in [1.82, 2.24) is 19.8 Å². The standard InChI is InChI=1S/C40H50N4O8/c1-40(2,3)52-39(45)44(25-27-16-30(23-41-22-27)28-18-33(46-4)37(50-8)34(19-28)47-5)31-11-14-43(15-12-31)24-26-10-13-42-32(17-26)29-20-35(48-6)38(51-9)36(21-29)49-7/h10,13,16-23,31H,11-12,14-15,24-25H2,1-9H3. The number of carbonyl (C=O) groups excluding carboxylic acids is 1. The molecule has 0 N–H and O–H groups in total. The van der Waals surface area contributed by atoms with E-state index in [0.717, 1.165) is 66.0 Å². The Kier molecular flexibility index (Phi) is 12.3. The summed E-state index contributed by atoms with van der Waals surface area (Å²) in [5, 5.41) is 0. The lowest BCUT2D eigenvalue weighted by atomic mass is 10.0. The first-order valence-electron chi connectivity index (χ1n) is 17.2. The first kappa shape index (κ1) is 38.0. The summed E-state index contributed by atoms with van der Waals surface area (Å²) in [5.41, 5.74) is 4.77. The minimum Gasteiger partial charge on any atom is -0.493 e. The van der Waals surface area contributed by atoms with Crippen LogP contribution in [0.25, 0.3) is 22.4 Å². The quantitative estimate of drug-likeness (QED) is 0.139. The maximum Gasteiger partial charge on any atom is 0.410 e. The lowest BCUT2D eigenvalue weighted by Gasteiger charge is -2.39. The Morgan fingerprint density at radius 2 is 1.29 bits per heavy atom. The number of aromatic nitrogens is 2. The molecule has 0 radical (unpaired) electrons. The van der Waals surface area contributed by atoms with E-state index in [0.29, 0.717) is 41.0 Å². The molecule has 5 rings (SSSR count). The van der Waals surface area contributed by atoms with Crippen LogP contribution < -0.4 is 28.4 Å². The van der Waals surface area contributed by atoms with Crippen molar-refractivity contribution in [3.63, 3.8) is 0 Å². The average molecular weight is 715 g/mol. The van der Waals surface area contributed by atoms with Crippen molar-refractivity contribution in [2.75, 3.05) is 55.7 Å². The molecule has 0 bridgehead atoms. The number of hydrogen-bond donors (Lipinski definition) is 0. The van der Waals surface area contributed by atoms with Gasteiger partial charge in [0.05, 0.1) is 54.9 Å². The van der Waals surface area contributed by atoms with E-state index in [1.165, 1.54) is 0 Å². The first-order valence-corrected chi connectivity index (χ1v) is 17.2. The van der Waals surface area contributed by atoms with E-state index in [-0.39, 0.29) is 12.1 Å². The van der Waals surface area contributed by atoms with E-state index < -0.39 is 5.60 Å². The van der Waals surface area contributed by atoms with E-state index in [2.05, 4.69) is 20.9 Å². The molecule has 2 aromatic heterocycles. The molecule has 3 heterocycles. The van der Waals surface area contributed by atoms with Crippen LogP contribution in [0.1, 0.15) is 44.7 Å². The molecular formula is C40H50N4O8. The Hall–Kier alpha value is -5.23. The van der Waals surface area contributed by atoms with Gasteiger partial charge in [0, 0.05) is 55.4 Å². The van der Waals surface area contributed by atoms with Crippen molar-refractivity contribution in [2.45, 2.75) is 58.3 Å². The van der Waals surface area contributed by atoms with Gasteiger partial charge in [-0.1, -0.05) is 0 Å². The van der Waals surface area contributed by atoms with Crippen molar-refractivity contribution in [3.8, 4) is 56.9 Å². The predicted molar refractivity (Wildman–Crippen MR) is 199 cm³/mol. The third kappa shape index (κ3) is 8.97. The molecule has 4 aromatic rings. The van der Waals surface area contributed by atoms with Crippen LogP contribution in [0.15, 0.2) is 61.1 Å². The number of ether oxygens (including phenoxy) is 7. The van der Waals surface area contributed by atoms with Crippen molar-refractivity contribution in [1.29, 1.82) is 0 Å². The smallest absolute Gasteiger partial charge is 0.410 e. The average Bonchev–Trinajstić information content (AvgIpc) is 3.15. The highest BCUT2D eigenvalue weighted by atomic mass is 16.6. The van der Waals surface area contributed by atoms with Crippen LogP contribution >= 0.6 is 0 Å². The second-order valence-electron chi connectivity index (χ2n) is 13.6. The van der Waals surface area contributed by atoms with E-state index in [4.69, 9.17) is 33.2 Å². The molecule has 0 spiro atoms. The molecule has 0 saturated carbocycles. The van der Waals surface area contributed by atoms with Crippen molar-refractivity contribution in [3.05, 3.63) is 72.2 Å². The Morgan fingerprint density at radius 1 is 0.731 bits per heavy atom. The van der Waals surface area contributed by atoms with E-state index in [1.807, 2.05) is 68.3 Å². The van der Waals surface area contributed by atoms with Crippen LogP contribution in [0.5, 0.6) is 34.5 Å². The van der Waals surface area contributed by atoms with Crippen LogP contribution in [0, 0.1) is 0 Å². The molecule has 1 saturated heterocycles. The van der Waals surface area contributed by atoms with Crippen LogP contribution in [0.2, 0.25) is 0 Å². The normalized spacial score (nSPS) is 13.6. The van der Waals surface area contributed by atoms with Gasteiger partial charge in [0.1, 0.15) is 5.60 Å². The molecule has 0 unspecified atom stereocenters. The van der Waals surface area contributed by atoms with Crippen molar-refractivity contribution in [2.24, 2.45) is 0 Å². The summed E-state index contributed by atoms with van der Waals surface area (Å²) in [5.74, 6) is 3.30. The van der Waals surface area contributed by atoms with Gasteiger partial charge in [-0.3, -0.25) is 14.9 Å². The summed E-state index contributed by atoms with van der Waals surface area (Å²) in [7, 11) is 9.54. The highest BCUT2D eigenvalue weighted by molar-refractivity contribution is 5.72. The van der Waals surface area contributed by atoms with Crippen LogP contribution in [0.3, 0.4) is 0 Å². The second-order valence-corrected chi connectivity index (χ2v) is 13.6. The van der Waals surface area contributed by atoms with Crippen molar-refractivity contribution < 1.29 is 38.0 Å². The number of likely N-dealkylation sites (tertiary alicyclic amines) is 1. The minimum atomic E-state index is -0.636. The Balaban J connectivity index is 1.32. The van der Waals surface area contributed by atoms with E-state index in [1.54, 1.807) is 55.1 Å². The molecule has 12 heteroatoms. The van der Waals surface area contributed by atoms with Crippen molar-refractivity contribution >= 4 is 6.09 Å². The zero-order valence-corrected chi connectivity index (χ0v) is 31.6. The molecule has 1 aliphatic heterocycles. The zero-order chi connectivity index (χ0) is 37.4. The summed E-state index contributed by atoms with van der Waals surface area (Å²) < 4.78 is 39.2. The van der Waals surface area contributed by atoms with Crippen LogP contribution in [-0.4, -0.2) is 93.3 Å². The van der Waals surface area contributed by atoms with Gasteiger partial charge in [0.2, 0.25) is 11.5 Å². The second kappa shape index (κ2) is 16.9. The fourth-order valence-electron chi connectivity index (χ4n) is 6.45. The number of nitrogens with zero attached hydrogens (tertiary/aromatic N) is 4. The summed E-state index contributed by atoms with van der Waals surface area (Å²) >= 11 is 0. The number of piperidine rings is 1. The number of benzene rings is 2. The molecule has 1 amide bonds. The zero-order valence-electron chi connectivity index (χ0n) is 31.6. The summed E-state index contributed by atoms with van der Waals surface area (Å²) in [6.07, 6.45) is 6.66. The predicted octanol–water partition coefficient (Wildman–Crippen LogP) is 7.26. The topological polar surface area (TPSA) is 114 Å². The highest BCUT2D eigenvalue weighted by Crippen LogP contribution is 2.42. The minimum absolute atomic E-state index is 0.0110. The third-order valence-corrected chi connectivity index (χ3v) is 8.96. The fourth-order valence-corrected chi connectivity index (χ4v) is 6.45. The van der Waals surface area contributed by atoms with E-state index >= 15 is 0 Å². The van der Waals surface area contributed by atoms with E-state index in [9.17, 15) is 4.79 Å². The number of hydrogen-bond acceptors (Lipinski definition) is 11. The molecule has 52 heavy (non-hydrogen) atoms. The highest BCUT2D eigenvalue weighted by Gasteiger charge is 2.32. The van der Waals surface area contributed by atoms with Crippen LogP contribution in [0.4, 0.5) is 4.79 Å². The molecular weight excluding hydrogens is 664 g/mol. The van der Waals surface area contributed by atoms with Gasteiger partial charge >= 0.3 is 6.09 Å². The van der Waals surface area contributed by atoms with Gasteiger partial charge in [-0.05, 0) is 92.8 Å². The molecule has 1 fully saturated rings. The van der Waals surface area contributed by atoms with Gasteiger partial charge in [-0.25, -0.2) is 4.79 Å². The Bertz CT molecular complexity index is 1780. The number of pyridine rings is 2. The molecule has 0 aliphatic carbocycles. The van der Waals surface area contributed by atoms with Gasteiger partial charge in [0.15, 0.2) is 23.0 Å². The number of methoxy groups -OCH3 is 6. The first-order chi connectivity index (χ1) is 25.0. The maximum atomic E-state index is 13.7. The summed E-state index contributed by atoms with van der Waals surface area (Å²) in [4.78, 5) is 27.2. The molecule has 1 aliphatic rings. The summed E-state index contributed by atoms with van der Waals surface area (Å²) in [6, 6.07) is 13.7. The Morgan fingerprint density at radius 3 is 1.81 bits per heavy atom. The number of amides is 1. The van der Waals surface area contributed by atoms with Gasteiger partial charge in [0.25, 0.3) is 0 Å². The Labute approximate surface area is 306 Å². The third-order valence-electron chi connectivity index (χ3n) is 8.96. The lowest BCUT2D eigenvalue weighted by Crippen LogP contribution is -2.48. The monoisotopic (exact) mass is 714 g/mol. The lowest BCUT2D eigenvalue weighted by molar-refractivity contribution is 0.00536.